The first kappa shape index (κ1) is 17.1. The fraction of sp³-hybridized carbons (Fsp3) is 0.333. The molecule has 0 aliphatic carbocycles. The van der Waals surface area contributed by atoms with Crippen LogP contribution in [0.2, 0.25) is 0 Å². The van der Waals surface area contributed by atoms with Gasteiger partial charge in [0.15, 0.2) is 11.5 Å². The van der Waals surface area contributed by atoms with E-state index in [-0.39, 0.29) is 36.5 Å². The Kier molecular flexibility index (Phi) is 4.73. The average molecular weight is 365 g/mol. The van der Waals surface area contributed by atoms with E-state index in [0.29, 0.717) is 6.54 Å². The molecular weight excluding hydrogens is 346 g/mol. The van der Waals surface area contributed by atoms with Crippen molar-refractivity contribution in [1.29, 1.82) is 0 Å². The zero-order valence-corrected chi connectivity index (χ0v) is 14.7. The molecule has 1 N–H and O–H groups in total. The van der Waals surface area contributed by atoms with Gasteiger partial charge >= 0.3 is 0 Å². The highest BCUT2D eigenvalue weighted by molar-refractivity contribution is 5.92. The quantitative estimate of drug-likeness (QED) is 0.723. The summed E-state index contributed by atoms with van der Waals surface area (Å²) in [5.41, 5.74) is 1.00. The van der Waals surface area contributed by atoms with E-state index in [4.69, 9.17) is 0 Å². The lowest BCUT2D eigenvalue weighted by atomic mass is 10.2. The van der Waals surface area contributed by atoms with Crippen molar-refractivity contribution in [2.75, 3.05) is 13.1 Å². The highest BCUT2D eigenvalue weighted by Crippen LogP contribution is 2.31. The van der Waals surface area contributed by atoms with Gasteiger partial charge in [-0.2, -0.15) is 0 Å². The number of pyridine rings is 1. The van der Waals surface area contributed by atoms with Crippen LogP contribution in [-0.2, 0) is 4.79 Å². The van der Waals surface area contributed by atoms with Crippen LogP contribution >= 0.6 is 0 Å². The number of carbonyl (C=O) groups excluding carboxylic acids is 2. The van der Waals surface area contributed by atoms with Gasteiger partial charge in [-0.1, -0.05) is 6.07 Å². The number of hydrogen-bond donors (Lipinski definition) is 1. The maximum absolute atomic E-state index is 12.7. The van der Waals surface area contributed by atoms with Crippen LogP contribution in [-0.4, -0.2) is 54.4 Å². The summed E-state index contributed by atoms with van der Waals surface area (Å²) < 4.78 is 1.92. The summed E-state index contributed by atoms with van der Waals surface area (Å²) in [6.07, 6.45) is 8.26. The van der Waals surface area contributed by atoms with Crippen LogP contribution in [0.25, 0.3) is 5.65 Å². The SMILES string of the molecule is O=C(NCCC(=O)N1CCCC1c1nnc2ccccn12)c1cnccn1. The maximum Gasteiger partial charge on any atom is 0.271 e. The third kappa shape index (κ3) is 3.48. The summed E-state index contributed by atoms with van der Waals surface area (Å²) in [6, 6.07) is 5.62. The molecule has 1 aliphatic rings. The second-order valence-corrected chi connectivity index (χ2v) is 6.33. The molecule has 1 fully saturated rings. The second kappa shape index (κ2) is 7.48. The molecule has 138 valence electrons. The van der Waals surface area contributed by atoms with Crippen molar-refractivity contribution in [1.82, 2.24) is 34.8 Å². The topological polar surface area (TPSA) is 105 Å². The predicted octanol–water partition coefficient (Wildman–Crippen LogP) is 1.00. The highest BCUT2D eigenvalue weighted by atomic mass is 16.2. The Morgan fingerprint density at radius 2 is 2.15 bits per heavy atom. The minimum Gasteiger partial charge on any atom is -0.350 e. The van der Waals surface area contributed by atoms with Crippen molar-refractivity contribution in [3.63, 3.8) is 0 Å². The fourth-order valence-electron chi connectivity index (χ4n) is 3.35. The van der Waals surface area contributed by atoms with Crippen LogP contribution in [0.4, 0.5) is 0 Å². The lowest BCUT2D eigenvalue weighted by Crippen LogP contribution is -2.35. The molecular formula is C18H19N7O2. The lowest BCUT2D eigenvalue weighted by Gasteiger charge is -2.23. The fourth-order valence-corrected chi connectivity index (χ4v) is 3.35. The minimum atomic E-state index is -0.336. The van der Waals surface area contributed by atoms with Gasteiger partial charge < -0.3 is 10.2 Å². The van der Waals surface area contributed by atoms with E-state index >= 15 is 0 Å². The average Bonchev–Trinajstić information content (AvgIpc) is 3.35. The molecule has 0 saturated carbocycles. The van der Waals surface area contributed by atoms with Crippen molar-refractivity contribution >= 4 is 17.5 Å². The number of amides is 2. The maximum atomic E-state index is 12.7. The number of aromatic nitrogens is 5. The largest absolute Gasteiger partial charge is 0.350 e. The van der Waals surface area contributed by atoms with E-state index in [1.807, 2.05) is 33.7 Å². The van der Waals surface area contributed by atoms with Gasteiger partial charge in [0.2, 0.25) is 5.91 Å². The second-order valence-electron chi connectivity index (χ2n) is 6.33. The molecule has 4 heterocycles. The van der Waals surface area contributed by atoms with Crippen LogP contribution in [0.1, 0.15) is 41.6 Å². The van der Waals surface area contributed by atoms with Gasteiger partial charge in [-0.15, -0.1) is 10.2 Å². The van der Waals surface area contributed by atoms with Crippen molar-refractivity contribution in [3.8, 4) is 0 Å². The third-order valence-corrected chi connectivity index (χ3v) is 4.63. The lowest BCUT2D eigenvalue weighted by molar-refractivity contribution is -0.132. The number of hydrogen-bond acceptors (Lipinski definition) is 6. The van der Waals surface area contributed by atoms with E-state index in [0.717, 1.165) is 24.3 Å². The molecule has 2 amide bonds. The summed E-state index contributed by atoms with van der Waals surface area (Å²) in [7, 11) is 0. The van der Waals surface area contributed by atoms with Gasteiger partial charge in [-0.3, -0.25) is 19.0 Å². The molecule has 27 heavy (non-hydrogen) atoms. The molecule has 3 aromatic rings. The molecule has 4 rings (SSSR count). The van der Waals surface area contributed by atoms with Gasteiger partial charge in [-0.25, -0.2) is 4.98 Å². The summed E-state index contributed by atoms with van der Waals surface area (Å²) in [4.78, 5) is 34.3. The van der Waals surface area contributed by atoms with Gasteiger partial charge in [0, 0.05) is 38.1 Å². The van der Waals surface area contributed by atoms with Crippen LogP contribution < -0.4 is 5.32 Å². The van der Waals surface area contributed by atoms with Crippen LogP contribution in [0.15, 0.2) is 43.0 Å². The predicted molar refractivity (Wildman–Crippen MR) is 95.7 cm³/mol. The standard InChI is InChI=1S/C18H19N7O2/c26-16(6-7-21-18(27)13-12-19-8-9-20-13)24-11-3-4-14(24)17-23-22-15-5-1-2-10-25(15)17/h1-2,5,8-10,12,14H,3-4,6-7,11H2,(H,21,27). The Morgan fingerprint density at radius 3 is 3.00 bits per heavy atom. The third-order valence-electron chi connectivity index (χ3n) is 4.63. The zero-order valence-electron chi connectivity index (χ0n) is 14.7. The summed E-state index contributed by atoms with van der Waals surface area (Å²) >= 11 is 0. The Bertz CT molecular complexity index is 957. The van der Waals surface area contributed by atoms with E-state index < -0.39 is 0 Å². The molecule has 9 heteroatoms. The van der Waals surface area contributed by atoms with Crippen molar-refractivity contribution in [2.45, 2.75) is 25.3 Å². The van der Waals surface area contributed by atoms with Gasteiger partial charge in [-0.05, 0) is 25.0 Å². The Morgan fingerprint density at radius 1 is 1.22 bits per heavy atom. The van der Waals surface area contributed by atoms with Crippen LogP contribution in [0.5, 0.6) is 0 Å². The number of rotatable bonds is 5. The number of carbonyl (C=O) groups is 2. The van der Waals surface area contributed by atoms with E-state index in [1.54, 1.807) is 0 Å². The molecule has 1 saturated heterocycles. The molecule has 3 aromatic heterocycles. The number of nitrogens with one attached hydrogen (secondary N) is 1. The van der Waals surface area contributed by atoms with Gasteiger partial charge in [0.05, 0.1) is 12.2 Å². The van der Waals surface area contributed by atoms with Crippen LogP contribution in [0, 0.1) is 0 Å². The number of fused-ring (bicyclic) bond motifs is 1. The van der Waals surface area contributed by atoms with E-state index in [9.17, 15) is 9.59 Å². The highest BCUT2D eigenvalue weighted by Gasteiger charge is 2.32. The Labute approximate surface area is 155 Å². The van der Waals surface area contributed by atoms with Crippen molar-refractivity contribution in [3.05, 3.63) is 54.5 Å². The molecule has 1 aliphatic heterocycles. The monoisotopic (exact) mass is 365 g/mol. The molecule has 1 atom stereocenters. The molecule has 0 radical (unpaired) electrons. The molecule has 0 spiro atoms. The first-order valence-electron chi connectivity index (χ1n) is 8.87. The molecule has 9 nitrogen and oxygen atoms in total. The smallest absolute Gasteiger partial charge is 0.271 e. The molecule has 0 aromatic carbocycles. The van der Waals surface area contributed by atoms with E-state index in [2.05, 4.69) is 25.5 Å². The minimum absolute atomic E-state index is 0.00960. The Hall–Kier alpha value is -3.36. The normalized spacial score (nSPS) is 16.6. The summed E-state index contributed by atoms with van der Waals surface area (Å²) in [5, 5.41) is 11.2. The first-order chi connectivity index (χ1) is 13.2. The Balaban J connectivity index is 1.39. The zero-order chi connectivity index (χ0) is 18.6. The summed E-state index contributed by atoms with van der Waals surface area (Å²) in [5.74, 6) is 0.432. The van der Waals surface area contributed by atoms with Gasteiger partial charge in [0.1, 0.15) is 5.69 Å². The summed E-state index contributed by atoms with van der Waals surface area (Å²) in [6.45, 7) is 0.932. The number of likely N-dealkylation sites (tertiary alicyclic amines) is 1. The van der Waals surface area contributed by atoms with E-state index in [1.165, 1.54) is 18.6 Å². The molecule has 0 bridgehead atoms. The molecule has 1 unspecified atom stereocenters. The van der Waals surface area contributed by atoms with Crippen molar-refractivity contribution in [2.24, 2.45) is 0 Å². The van der Waals surface area contributed by atoms with Crippen molar-refractivity contribution < 1.29 is 9.59 Å². The first-order valence-corrected chi connectivity index (χ1v) is 8.87. The number of nitrogens with zero attached hydrogens (tertiary/aromatic N) is 6. The van der Waals surface area contributed by atoms with Crippen LogP contribution in [0.3, 0.4) is 0 Å². The van der Waals surface area contributed by atoms with Gasteiger partial charge in [0.25, 0.3) is 5.91 Å².